The molecule has 0 saturated heterocycles. The number of hydrogen-bond donors (Lipinski definition) is 2. The summed E-state index contributed by atoms with van der Waals surface area (Å²) in [5.41, 5.74) is 5.88. The fourth-order valence-electron chi connectivity index (χ4n) is 2.01. The number of amides is 1. The number of halogens is 1. The summed E-state index contributed by atoms with van der Waals surface area (Å²) in [4.78, 5) is 10.9. The van der Waals surface area contributed by atoms with Crippen molar-refractivity contribution in [1.82, 2.24) is 14.9 Å². The lowest BCUT2D eigenvalue weighted by molar-refractivity contribution is -0.119. The SMILES string of the molecule is CCOc1cc(/C=N\n2c(CC)n[nH]c2=S)cc(Br)c1OCC(N)=O. The third kappa shape index (κ3) is 4.89. The number of nitrogens with one attached hydrogen (secondary N) is 1. The van der Waals surface area contributed by atoms with Crippen LogP contribution in [0.1, 0.15) is 25.2 Å². The molecule has 0 aliphatic rings. The Labute approximate surface area is 158 Å². The fraction of sp³-hybridized carbons (Fsp3) is 0.333. The molecule has 0 radical (unpaired) electrons. The average molecular weight is 428 g/mol. The van der Waals surface area contributed by atoms with Crippen molar-refractivity contribution in [1.29, 1.82) is 0 Å². The van der Waals surface area contributed by atoms with Crippen LogP contribution in [0.25, 0.3) is 0 Å². The van der Waals surface area contributed by atoms with Crippen molar-refractivity contribution in [3.63, 3.8) is 0 Å². The van der Waals surface area contributed by atoms with Crippen molar-refractivity contribution in [2.75, 3.05) is 13.2 Å². The van der Waals surface area contributed by atoms with Gasteiger partial charge in [0, 0.05) is 6.42 Å². The quantitative estimate of drug-likeness (QED) is 0.496. The maximum Gasteiger partial charge on any atom is 0.255 e. The zero-order chi connectivity index (χ0) is 18.4. The molecule has 134 valence electrons. The lowest BCUT2D eigenvalue weighted by Gasteiger charge is -2.13. The summed E-state index contributed by atoms with van der Waals surface area (Å²) in [6, 6.07) is 3.54. The van der Waals surface area contributed by atoms with Crippen molar-refractivity contribution < 1.29 is 14.3 Å². The van der Waals surface area contributed by atoms with Gasteiger partial charge in [0.05, 0.1) is 17.3 Å². The topological polar surface area (TPSA) is 108 Å². The summed E-state index contributed by atoms with van der Waals surface area (Å²) >= 11 is 8.58. The number of rotatable bonds is 8. The highest BCUT2D eigenvalue weighted by atomic mass is 79.9. The number of hydrogen-bond acceptors (Lipinski definition) is 6. The molecule has 8 nitrogen and oxygen atoms in total. The molecule has 0 spiro atoms. The van der Waals surface area contributed by atoms with Crippen LogP contribution in [0.5, 0.6) is 11.5 Å². The molecule has 0 unspecified atom stereocenters. The Hall–Kier alpha value is -2.20. The van der Waals surface area contributed by atoms with Crippen LogP contribution in [0.3, 0.4) is 0 Å². The molecule has 0 bridgehead atoms. The number of aromatic nitrogens is 3. The molecule has 10 heteroatoms. The van der Waals surface area contributed by atoms with E-state index in [1.54, 1.807) is 23.0 Å². The minimum absolute atomic E-state index is 0.240. The van der Waals surface area contributed by atoms with Crippen molar-refractivity contribution in [3.8, 4) is 11.5 Å². The summed E-state index contributed by atoms with van der Waals surface area (Å²) in [5.74, 6) is 1.05. The molecule has 0 fully saturated rings. The van der Waals surface area contributed by atoms with Crippen LogP contribution in [0.4, 0.5) is 0 Å². The first kappa shape index (κ1) is 19.1. The smallest absolute Gasteiger partial charge is 0.255 e. The van der Waals surface area contributed by atoms with Gasteiger partial charge >= 0.3 is 0 Å². The maximum absolute atomic E-state index is 10.9. The number of nitrogens with zero attached hydrogens (tertiary/aromatic N) is 3. The van der Waals surface area contributed by atoms with E-state index in [0.29, 0.717) is 33.8 Å². The Balaban J connectivity index is 2.35. The predicted octanol–water partition coefficient (Wildman–Crippen LogP) is 2.41. The number of aromatic amines is 1. The van der Waals surface area contributed by atoms with E-state index in [1.807, 2.05) is 13.8 Å². The Morgan fingerprint density at radius 1 is 1.48 bits per heavy atom. The summed E-state index contributed by atoms with van der Waals surface area (Å²) in [7, 11) is 0. The van der Waals surface area contributed by atoms with Crippen molar-refractivity contribution in [2.45, 2.75) is 20.3 Å². The number of aryl methyl sites for hydroxylation is 1. The maximum atomic E-state index is 10.9. The standard InChI is InChI=1S/C15H18BrN5O3S/c1-3-13-19-20-15(25)21(13)18-7-9-5-10(16)14(24-8-12(17)22)11(6-9)23-4-2/h5-7H,3-4,8H2,1-2H3,(H2,17,22)(H,20,25)/b18-7-. The summed E-state index contributed by atoms with van der Waals surface area (Å²) < 4.78 is 13.6. The largest absolute Gasteiger partial charge is 0.490 e. The minimum Gasteiger partial charge on any atom is -0.490 e. The summed E-state index contributed by atoms with van der Waals surface area (Å²) in [6.07, 6.45) is 2.33. The molecule has 3 N–H and O–H groups in total. The van der Waals surface area contributed by atoms with Crippen molar-refractivity contribution in [2.24, 2.45) is 10.8 Å². The number of carbonyl (C=O) groups excluding carboxylic acids is 1. The third-order valence-corrected chi connectivity index (χ3v) is 3.90. The number of carbonyl (C=O) groups is 1. The van der Waals surface area contributed by atoms with E-state index >= 15 is 0 Å². The van der Waals surface area contributed by atoms with Gasteiger partial charge in [-0.1, -0.05) is 6.92 Å². The molecule has 2 aromatic rings. The van der Waals surface area contributed by atoms with Gasteiger partial charge in [-0.25, -0.2) is 0 Å². The van der Waals surface area contributed by atoms with Gasteiger partial charge in [-0.3, -0.25) is 9.89 Å². The normalized spacial score (nSPS) is 11.0. The second kappa shape index (κ2) is 8.77. The van der Waals surface area contributed by atoms with Crippen LogP contribution >= 0.6 is 28.1 Å². The zero-order valence-corrected chi connectivity index (χ0v) is 16.2. The Morgan fingerprint density at radius 3 is 2.88 bits per heavy atom. The number of ether oxygens (including phenoxy) is 2. The minimum atomic E-state index is -0.568. The van der Waals surface area contributed by atoms with Gasteiger partial charge < -0.3 is 15.2 Å². The molecule has 1 aromatic carbocycles. The van der Waals surface area contributed by atoms with Gasteiger partial charge in [0.15, 0.2) is 23.9 Å². The van der Waals surface area contributed by atoms with Crippen LogP contribution < -0.4 is 15.2 Å². The molecule has 1 amide bonds. The molecule has 0 atom stereocenters. The Bertz CT molecular complexity index is 846. The molecule has 2 rings (SSSR count). The first-order valence-corrected chi connectivity index (χ1v) is 8.74. The van der Waals surface area contributed by atoms with Gasteiger partial charge in [-0.05, 0) is 52.8 Å². The number of primary amides is 1. The van der Waals surface area contributed by atoms with E-state index in [4.69, 9.17) is 27.4 Å². The molecule has 0 aliphatic carbocycles. The van der Waals surface area contributed by atoms with Gasteiger partial charge in [0.2, 0.25) is 4.77 Å². The highest BCUT2D eigenvalue weighted by molar-refractivity contribution is 9.10. The molecular formula is C15H18BrN5O3S. The van der Waals surface area contributed by atoms with Gasteiger partial charge in [-0.2, -0.15) is 14.9 Å². The van der Waals surface area contributed by atoms with Crippen LogP contribution in [-0.2, 0) is 11.2 Å². The second-order valence-corrected chi connectivity index (χ2v) is 6.11. The van der Waals surface area contributed by atoms with Crippen LogP contribution in [0.2, 0.25) is 0 Å². The fourth-order valence-corrected chi connectivity index (χ4v) is 2.78. The molecular weight excluding hydrogens is 410 g/mol. The summed E-state index contributed by atoms with van der Waals surface area (Å²) in [6.45, 7) is 4.01. The second-order valence-electron chi connectivity index (χ2n) is 4.87. The molecule has 0 saturated carbocycles. The Morgan fingerprint density at radius 2 is 2.24 bits per heavy atom. The van der Waals surface area contributed by atoms with E-state index in [0.717, 1.165) is 11.4 Å². The number of nitrogens with two attached hydrogens (primary N) is 1. The van der Waals surface area contributed by atoms with Crippen LogP contribution in [0, 0.1) is 4.77 Å². The number of H-pyrrole nitrogens is 1. The van der Waals surface area contributed by atoms with E-state index in [-0.39, 0.29) is 6.61 Å². The van der Waals surface area contributed by atoms with Crippen LogP contribution in [0.15, 0.2) is 21.7 Å². The van der Waals surface area contributed by atoms with Gasteiger partial charge in [0.25, 0.3) is 5.91 Å². The van der Waals surface area contributed by atoms with E-state index < -0.39 is 5.91 Å². The lowest BCUT2D eigenvalue weighted by Crippen LogP contribution is -2.20. The van der Waals surface area contributed by atoms with Crippen molar-refractivity contribution >= 4 is 40.3 Å². The first-order chi connectivity index (χ1) is 12.0. The highest BCUT2D eigenvalue weighted by Gasteiger charge is 2.13. The zero-order valence-electron chi connectivity index (χ0n) is 13.8. The monoisotopic (exact) mass is 427 g/mol. The number of benzene rings is 1. The van der Waals surface area contributed by atoms with Gasteiger partial charge in [-0.15, -0.1) is 0 Å². The van der Waals surface area contributed by atoms with Crippen LogP contribution in [-0.4, -0.2) is 40.2 Å². The highest BCUT2D eigenvalue weighted by Crippen LogP contribution is 2.36. The molecule has 0 aliphatic heterocycles. The third-order valence-electron chi connectivity index (χ3n) is 3.05. The first-order valence-electron chi connectivity index (χ1n) is 7.54. The molecule has 1 heterocycles. The van der Waals surface area contributed by atoms with E-state index in [9.17, 15) is 4.79 Å². The Kier molecular flexibility index (Phi) is 6.71. The van der Waals surface area contributed by atoms with Gasteiger partial charge in [0.1, 0.15) is 0 Å². The average Bonchev–Trinajstić information content (AvgIpc) is 2.92. The predicted molar refractivity (Wildman–Crippen MR) is 99.8 cm³/mol. The van der Waals surface area contributed by atoms with E-state index in [1.165, 1.54) is 0 Å². The molecule has 1 aromatic heterocycles. The van der Waals surface area contributed by atoms with Crippen molar-refractivity contribution in [3.05, 3.63) is 32.8 Å². The summed E-state index contributed by atoms with van der Waals surface area (Å²) in [5, 5.41) is 11.2. The lowest BCUT2D eigenvalue weighted by atomic mass is 10.2. The van der Waals surface area contributed by atoms with E-state index in [2.05, 4.69) is 31.2 Å². The molecule has 25 heavy (non-hydrogen) atoms.